The molecule has 0 saturated carbocycles. The number of imidazole rings is 1. The van der Waals surface area contributed by atoms with E-state index in [1.54, 1.807) is 24.3 Å². The first kappa shape index (κ1) is 15.8. The molecule has 24 heavy (non-hydrogen) atoms. The molecule has 0 aliphatic carbocycles. The van der Waals surface area contributed by atoms with Crippen LogP contribution in [0.25, 0.3) is 11.0 Å². The van der Waals surface area contributed by atoms with Gasteiger partial charge in [-0.25, -0.2) is 4.98 Å². The topological polar surface area (TPSA) is 38.1 Å². The Bertz CT molecular complexity index is 967. The van der Waals surface area contributed by atoms with E-state index < -0.39 is 0 Å². The van der Waals surface area contributed by atoms with Crippen molar-refractivity contribution in [3.05, 3.63) is 51.0 Å². The minimum Gasteiger partial charge on any atom is -0.310 e. The Morgan fingerprint density at radius 3 is 2.62 bits per heavy atom. The van der Waals surface area contributed by atoms with Crippen LogP contribution in [0.2, 0.25) is 15.1 Å². The maximum Gasteiger partial charge on any atom is 0.211 e. The van der Waals surface area contributed by atoms with Crippen molar-refractivity contribution in [2.45, 2.75) is 13.0 Å². The number of fused-ring (bicyclic) bond motifs is 3. The molecular formula is C17H12Cl3N3O. The number of aromatic nitrogens is 2. The number of carbonyl (C=O) groups is 1. The summed E-state index contributed by atoms with van der Waals surface area (Å²) in [5.41, 5.74) is 2.81. The zero-order valence-corrected chi connectivity index (χ0v) is 14.7. The van der Waals surface area contributed by atoms with Gasteiger partial charge in [-0.3, -0.25) is 4.79 Å². The number of anilines is 2. The number of carbonyl (C=O) groups excluding carboxylic acids is 1. The van der Waals surface area contributed by atoms with Crippen molar-refractivity contribution >= 4 is 63.8 Å². The number of nitrogens with zero attached hydrogens (tertiary/aromatic N) is 3. The Hall–Kier alpha value is -1.75. The number of aryl methyl sites for hydroxylation is 1. The predicted molar refractivity (Wildman–Crippen MR) is 98.2 cm³/mol. The van der Waals surface area contributed by atoms with E-state index in [1.165, 1.54) is 0 Å². The maximum absolute atomic E-state index is 11.4. The minimum absolute atomic E-state index is 0.527. The van der Waals surface area contributed by atoms with E-state index in [2.05, 4.69) is 4.98 Å². The van der Waals surface area contributed by atoms with Gasteiger partial charge in [0.05, 0.1) is 21.2 Å². The lowest BCUT2D eigenvalue weighted by Gasteiger charge is -2.30. The van der Waals surface area contributed by atoms with Crippen molar-refractivity contribution in [2.75, 3.05) is 11.4 Å². The van der Waals surface area contributed by atoms with E-state index in [0.717, 1.165) is 42.9 Å². The first-order chi connectivity index (χ1) is 11.6. The van der Waals surface area contributed by atoms with Gasteiger partial charge in [0.15, 0.2) is 6.29 Å². The normalized spacial score (nSPS) is 14.0. The van der Waals surface area contributed by atoms with Gasteiger partial charge in [0.2, 0.25) is 5.95 Å². The molecule has 1 aromatic heterocycles. The number of halogens is 3. The second-order valence-corrected chi connectivity index (χ2v) is 6.87. The van der Waals surface area contributed by atoms with Gasteiger partial charge in [-0.1, -0.05) is 34.8 Å². The molecular weight excluding hydrogens is 369 g/mol. The lowest BCUT2D eigenvalue weighted by molar-refractivity contribution is 0.112. The van der Waals surface area contributed by atoms with Crippen LogP contribution in [0.4, 0.5) is 11.6 Å². The second kappa shape index (κ2) is 5.96. The fourth-order valence-corrected chi connectivity index (χ4v) is 3.85. The van der Waals surface area contributed by atoms with Crippen LogP contribution in [0.3, 0.4) is 0 Å². The quantitative estimate of drug-likeness (QED) is 0.562. The third-order valence-electron chi connectivity index (χ3n) is 4.19. The third kappa shape index (κ3) is 2.37. The smallest absolute Gasteiger partial charge is 0.211 e. The van der Waals surface area contributed by atoms with Gasteiger partial charge in [0, 0.05) is 23.7 Å². The first-order valence-electron chi connectivity index (χ1n) is 7.46. The van der Waals surface area contributed by atoms with Crippen LogP contribution in [-0.4, -0.2) is 22.4 Å². The van der Waals surface area contributed by atoms with E-state index in [1.807, 2.05) is 15.5 Å². The lowest BCUT2D eigenvalue weighted by atomic mass is 10.2. The Balaban J connectivity index is 1.97. The van der Waals surface area contributed by atoms with Crippen molar-refractivity contribution in [3.8, 4) is 0 Å². The second-order valence-electron chi connectivity index (χ2n) is 5.62. The van der Waals surface area contributed by atoms with Gasteiger partial charge < -0.3 is 9.47 Å². The van der Waals surface area contributed by atoms with Gasteiger partial charge >= 0.3 is 0 Å². The van der Waals surface area contributed by atoms with E-state index in [0.29, 0.717) is 26.1 Å². The molecule has 4 nitrogen and oxygen atoms in total. The molecule has 0 N–H and O–H groups in total. The summed E-state index contributed by atoms with van der Waals surface area (Å²) in [4.78, 5) is 18.1. The van der Waals surface area contributed by atoms with Crippen molar-refractivity contribution in [2.24, 2.45) is 0 Å². The monoisotopic (exact) mass is 379 g/mol. The molecule has 0 fully saturated rings. The van der Waals surface area contributed by atoms with Gasteiger partial charge in [0.1, 0.15) is 5.52 Å². The molecule has 2 heterocycles. The fourth-order valence-electron chi connectivity index (χ4n) is 3.15. The molecule has 0 saturated heterocycles. The first-order valence-corrected chi connectivity index (χ1v) is 8.60. The molecule has 0 atom stereocenters. The summed E-state index contributed by atoms with van der Waals surface area (Å²) in [6.07, 6.45) is 1.74. The zero-order valence-electron chi connectivity index (χ0n) is 12.5. The van der Waals surface area contributed by atoms with Crippen LogP contribution in [0.15, 0.2) is 30.3 Å². The van der Waals surface area contributed by atoms with Crippen molar-refractivity contribution in [1.82, 2.24) is 9.55 Å². The van der Waals surface area contributed by atoms with E-state index in [4.69, 9.17) is 34.8 Å². The Kier molecular flexibility index (Phi) is 3.91. The highest BCUT2D eigenvalue weighted by molar-refractivity contribution is 6.36. The molecule has 0 unspecified atom stereocenters. The van der Waals surface area contributed by atoms with Gasteiger partial charge in [-0.2, -0.15) is 0 Å². The SMILES string of the molecule is O=Cc1ccc(Cl)c2nc3n(c12)CCCN3c1ccc(Cl)cc1Cl. The predicted octanol–water partition coefficient (Wildman–Crippen LogP) is 5.35. The third-order valence-corrected chi connectivity index (χ3v) is 5.03. The highest BCUT2D eigenvalue weighted by atomic mass is 35.5. The molecule has 0 spiro atoms. The van der Waals surface area contributed by atoms with Crippen LogP contribution in [0.5, 0.6) is 0 Å². The summed E-state index contributed by atoms with van der Waals surface area (Å²) >= 11 is 18.7. The van der Waals surface area contributed by atoms with Gasteiger partial charge in [-0.15, -0.1) is 0 Å². The van der Waals surface area contributed by atoms with E-state index in [9.17, 15) is 4.79 Å². The Labute approximate surface area is 153 Å². The molecule has 3 aromatic rings. The van der Waals surface area contributed by atoms with Gasteiger partial charge in [-0.05, 0) is 36.8 Å². The van der Waals surface area contributed by atoms with Gasteiger partial charge in [0.25, 0.3) is 0 Å². The number of rotatable bonds is 2. The van der Waals surface area contributed by atoms with Crippen LogP contribution < -0.4 is 4.90 Å². The molecule has 7 heteroatoms. The summed E-state index contributed by atoms with van der Waals surface area (Å²) in [6.45, 7) is 1.55. The molecule has 0 radical (unpaired) electrons. The molecule has 0 bridgehead atoms. The number of hydrogen-bond acceptors (Lipinski definition) is 3. The number of benzene rings is 2. The van der Waals surface area contributed by atoms with Crippen molar-refractivity contribution < 1.29 is 4.79 Å². The van der Waals surface area contributed by atoms with Crippen LogP contribution >= 0.6 is 34.8 Å². The summed E-state index contributed by atoms with van der Waals surface area (Å²) < 4.78 is 2.03. The molecule has 2 aromatic carbocycles. The maximum atomic E-state index is 11.4. The van der Waals surface area contributed by atoms with E-state index in [-0.39, 0.29) is 0 Å². The Morgan fingerprint density at radius 1 is 1.04 bits per heavy atom. The summed E-state index contributed by atoms with van der Waals surface area (Å²) in [5, 5.41) is 1.67. The largest absolute Gasteiger partial charge is 0.310 e. The molecule has 4 rings (SSSR count). The summed E-state index contributed by atoms with van der Waals surface area (Å²) in [7, 11) is 0. The van der Waals surface area contributed by atoms with Crippen molar-refractivity contribution in [1.29, 1.82) is 0 Å². The van der Waals surface area contributed by atoms with Crippen molar-refractivity contribution in [3.63, 3.8) is 0 Å². The zero-order chi connectivity index (χ0) is 16.8. The standard InChI is InChI=1S/C17H12Cl3N3O/c18-11-3-5-14(13(20)8-11)22-6-1-7-23-16-10(9-24)2-4-12(19)15(16)21-17(22)23/h2-5,8-9H,1,6-7H2. The van der Waals surface area contributed by atoms with Crippen LogP contribution in [0.1, 0.15) is 16.8 Å². The molecule has 1 aliphatic rings. The average molecular weight is 381 g/mol. The van der Waals surface area contributed by atoms with Crippen LogP contribution in [0, 0.1) is 0 Å². The average Bonchev–Trinajstić information content (AvgIpc) is 2.96. The molecule has 122 valence electrons. The highest BCUT2D eigenvalue weighted by Gasteiger charge is 2.26. The Morgan fingerprint density at radius 2 is 1.88 bits per heavy atom. The lowest BCUT2D eigenvalue weighted by Crippen LogP contribution is -2.28. The fraction of sp³-hybridized carbons (Fsp3) is 0.176. The minimum atomic E-state index is 0.527. The number of hydrogen-bond donors (Lipinski definition) is 0. The molecule has 0 amide bonds. The number of aldehydes is 1. The highest BCUT2D eigenvalue weighted by Crippen LogP contribution is 2.39. The van der Waals surface area contributed by atoms with E-state index >= 15 is 0 Å². The van der Waals surface area contributed by atoms with Crippen LogP contribution in [-0.2, 0) is 6.54 Å². The summed E-state index contributed by atoms with van der Waals surface area (Å²) in [6, 6.07) is 8.81. The molecule has 1 aliphatic heterocycles. The summed E-state index contributed by atoms with van der Waals surface area (Å²) in [5.74, 6) is 0.733.